The summed E-state index contributed by atoms with van der Waals surface area (Å²) in [5.41, 5.74) is 0. The molecule has 0 aromatic heterocycles. The molecule has 0 unspecified atom stereocenters. The van der Waals surface area contributed by atoms with Gasteiger partial charge in [-0.15, -0.1) is 0 Å². The molecule has 29 heavy (non-hydrogen) atoms. The van der Waals surface area contributed by atoms with E-state index in [0.717, 1.165) is 19.3 Å². The maximum absolute atomic E-state index is 10.7. The lowest BCUT2D eigenvalue weighted by atomic mass is 10.1. The van der Waals surface area contributed by atoms with Gasteiger partial charge in [0.25, 0.3) is 10.1 Å². The molecule has 176 valence electrons. The van der Waals surface area contributed by atoms with E-state index in [1.807, 2.05) is 0 Å². The highest BCUT2D eigenvalue weighted by Gasteiger charge is 2.00. The molecule has 0 spiro atoms. The van der Waals surface area contributed by atoms with Crippen LogP contribution in [0.15, 0.2) is 0 Å². The van der Waals surface area contributed by atoms with Crippen LogP contribution in [0.3, 0.4) is 0 Å². The largest absolute Gasteiger partial charge is 0.379 e. The fourth-order valence-electron chi connectivity index (χ4n) is 2.70. The molecule has 0 rings (SSSR count). The molecule has 8 heteroatoms. The molecule has 0 radical (unpaired) electrons. The Morgan fingerprint density at radius 3 is 1.24 bits per heavy atom. The quantitative estimate of drug-likeness (QED) is 0.166. The first-order valence-corrected chi connectivity index (χ1v) is 13.0. The predicted octanol–water partition coefficient (Wildman–Crippen LogP) is 3.95. The normalized spacial score (nSPS) is 11.9. The van der Waals surface area contributed by atoms with Crippen molar-refractivity contribution in [2.45, 2.75) is 71.1 Å². The van der Waals surface area contributed by atoms with Gasteiger partial charge in [-0.3, -0.25) is 4.18 Å². The number of rotatable bonds is 24. The van der Waals surface area contributed by atoms with Gasteiger partial charge in [0.2, 0.25) is 0 Å². The van der Waals surface area contributed by atoms with E-state index < -0.39 is 10.1 Å². The highest BCUT2D eigenvalue weighted by molar-refractivity contribution is 7.85. The van der Waals surface area contributed by atoms with Crippen LogP contribution in [-0.2, 0) is 33.2 Å². The summed E-state index contributed by atoms with van der Waals surface area (Å²) < 4.78 is 47.5. The summed E-state index contributed by atoms with van der Waals surface area (Å²) in [6.45, 7) is 6.41. The standard InChI is InChI=1S/C21H44O7S/c1-3-4-5-6-7-8-9-10-11-12-13-24-14-15-25-16-17-26-18-19-27-20-21-28-29(2,22)23/h3-21H2,1-2H3. The van der Waals surface area contributed by atoms with Gasteiger partial charge in [-0.05, 0) is 6.42 Å². The van der Waals surface area contributed by atoms with Crippen molar-refractivity contribution in [3.63, 3.8) is 0 Å². The Labute approximate surface area is 178 Å². The second-order valence-electron chi connectivity index (χ2n) is 7.16. The Morgan fingerprint density at radius 2 is 0.828 bits per heavy atom. The van der Waals surface area contributed by atoms with E-state index in [1.54, 1.807) is 0 Å². The Morgan fingerprint density at radius 1 is 0.483 bits per heavy atom. The van der Waals surface area contributed by atoms with Gasteiger partial charge < -0.3 is 18.9 Å². The number of unbranched alkanes of at least 4 members (excludes halogenated alkanes) is 9. The van der Waals surface area contributed by atoms with Gasteiger partial charge in [-0.2, -0.15) is 8.42 Å². The summed E-state index contributed by atoms with van der Waals surface area (Å²) in [5, 5.41) is 0. The zero-order chi connectivity index (χ0) is 21.5. The smallest absolute Gasteiger partial charge is 0.264 e. The first-order valence-electron chi connectivity index (χ1n) is 11.2. The summed E-state index contributed by atoms with van der Waals surface area (Å²) in [7, 11) is -3.39. The highest BCUT2D eigenvalue weighted by Crippen LogP contribution is 2.10. The minimum absolute atomic E-state index is 0.0288. The van der Waals surface area contributed by atoms with Crippen LogP contribution in [0.1, 0.15) is 71.1 Å². The van der Waals surface area contributed by atoms with Gasteiger partial charge in [0, 0.05) is 6.61 Å². The minimum atomic E-state index is -3.39. The zero-order valence-electron chi connectivity index (χ0n) is 18.7. The lowest BCUT2D eigenvalue weighted by Crippen LogP contribution is -2.14. The van der Waals surface area contributed by atoms with Gasteiger partial charge in [0.1, 0.15) is 0 Å². The van der Waals surface area contributed by atoms with E-state index in [9.17, 15) is 8.42 Å². The van der Waals surface area contributed by atoms with Crippen molar-refractivity contribution in [2.24, 2.45) is 0 Å². The molecule has 0 fully saturated rings. The average Bonchev–Trinajstić information content (AvgIpc) is 2.67. The molecule has 0 aromatic carbocycles. The topological polar surface area (TPSA) is 80.3 Å². The van der Waals surface area contributed by atoms with Crippen molar-refractivity contribution in [2.75, 3.05) is 65.7 Å². The van der Waals surface area contributed by atoms with Gasteiger partial charge in [0.05, 0.1) is 59.1 Å². The number of hydrogen-bond acceptors (Lipinski definition) is 7. The average molecular weight is 441 g/mol. The maximum atomic E-state index is 10.7. The molecule has 0 aliphatic carbocycles. The van der Waals surface area contributed by atoms with E-state index in [4.69, 9.17) is 18.9 Å². The van der Waals surface area contributed by atoms with E-state index in [1.165, 1.54) is 57.8 Å². The third-order valence-electron chi connectivity index (χ3n) is 4.28. The summed E-state index contributed by atoms with van der Waals surface area (Å²) in [5.74, 6) is 0. The number of hydrogen-bond donors (Lipinski definition) is 0. The molecule has 0 aliphatic heterocycles. The predicted molar refractivity (Wildman–Crippen MR) is 116 cm³/mol. The lowest BCUT2D eigenvalue weighted by Gasteiger charge is -2.07. The van der Waals surface area contributed by atoms with Crippen LogP contribution in [0.2, 0.25) is 0 Å². The van der Waals surface area contributed by atoms with Crippen molar-refractivity contribution in [1.29, 1.82) is 0 Å². The van der Waals surface area contributed by atoms with E-state index in [0.29, 0.717) is 39.6 Å². The monoisotopic (exact) mass is 440 g/mol. The van der Waals surface area contributed by atoms with Crippen molar-refractivity contribution >= 4 is 10.1 Å². The van der Waals surface area contributed by atoms with Crippen molar-refractivity contribution < 1.29 is 31.5 Å². The highest BCUT2D eigenvalue weighted by atomic mass is 32.2. The van der Waals surface area contributed by atoms with Crippen LogP contribution < -0.4 is 0 Å². The SMILES string of the molecule is CCCCCCCCCCCCOCCOCCOCCOCCOS(C)(=O)=O. The lowest BCUT2D eigenvalue weighted by molar-refractivity contribution is -0.00466. The molecule has 0 aliphatic rings. The van der Waals surface area contributed by atoms with Crippen LogP contribution in [-0.4, -0.2) is 74.1 Å². The molecule has 0 atom stereocenters. The third kappa shape index (κ3) is 27.8. The Balaban J connectivity index is 3.03. The fraction of sp³-hybridized carbons (Fsp3) is 1.00. The van der Waals surface area contributed by atoms with Gasteiger partial charge in [0.15, 0.2) is 0 Å². The molecule has 0 bridgehead atoms. The first-order chi connectivity index (χ1) is 14.1. The Bertz CT molecular complexity index is 415. The molecule has 0 saturated carbocycles. The molecule has 0 heterocycles. The third-order valence-corrected chi connectivity index (χ3v) is 4.88. The molecule has 0 N–H and O–H groups in total. The molecule has 0 aromatic rings. The summed E-state index contributed by atoms with van der Waals surface area (Å²) in [6, 6.07) is 0. The molecular weight excluding hydrogens is 396 g/mol. The van der Waals surface area contributed by atoms with Gasteiger partial charge >= 0.3 is 0 Å². The van der Waals surface area contributed by atoms with Crippen molar-refractivity contribution in [1.82, 2.24) is 0 Å². The summed E-state index contributed by atoms with van der Waals surface area (Å²) >= 11 is 0. The Kier molecular flexibility index (Phi) is 22.2. The van der Waals surface area contributed by atoms with Gasteiger partial charge in [-0.25, -0.2) is 0 Å². The first kappa shape index (κ1) is 28.8. The maximum Gasteiger partial charge on any atom is 0.264 e. The Hall–Kier alpha value is -0.250. The van der Waals surface area contributed by atoms with Crippen LogP contribution in [0.25, 0.3) is 0 Å². The second-order valence-corrected chi connectivity index (χ2v) is 8.80. The van der Waals surface area contributed by atoms with Crippen LogP contribution in [0.5, 0.6) is 0 Å². The fourth-order valence-corrected chi connectivity index (χ4v) is 3.07. The summed E-state index contributed by atoms with van der Waals surface area (Å²) in [6.07, 6.45) is 14.4. The van der Waals surface area contributed by atoms with E-state index in [-0.39, 0.29) is 13.2 Å². The molecule has 0 saturated heterocycles. The zero-order valence-corrected chi connectivity index (χ0v) is 19.5. The molecule has 0 amide bonds. The van der Waals surface area contributed by atoms with E-state index >= 15 is 0 Å². The van der Waals surface area contributed by atoms with Crippen molar-refractivity contribution in [3.05, 3.63) is 0 Å². The van der Waals surface area contributed by atoms with E-state index in [2.05, 4.69) is 11.1 Å². The number of ether oxygens (including phenoxy) is 4. The minimum Gasteiger partial charge on any atom is -0.379 e. The molecule has 7 nitrogen and oxygen atoms in total. The summed E-state index contributed by atoms with van der Waals surface area (Å²) in [4.78, 5) is 0. The van der Waals surface area contributed by atoms with Gasteiger partial charge in [-0.1, -0.05) is 64.7 Å². The van der Waals surface area contributed by atoms with Crippen LogP contribution in [0.4, 0.5) is 0 Å². The van der Waals surface area contributed by atoms with Crippen LogP contribution in [0, 0.1) is 0 Å². The molecular formula is C21H44O7S. The van der Waals surface area contributed by atoms with Crippen molar-refractivity contribution in [3.8, 4) is 0 Å². The second kappa shape index (κ2) is 22.4. The van der Waals surface area contributed by atoms with Crippen LogP contribution >= 0.6 is 0 Å².